The molecule has 4 heteroatoms. The molecule has 92 valence electrons. The Morgan fingerprint density at radius 2 is 2.29 bits per heavy atom. The summed E-state index contributed by atoms with van der Waals surface area (Å²) >= 11 is 0. The lowest BCUT2D eigenvalue weighted by Crippen LogP contribution is -2.30. The molecule has 0 aliphatic heterocycles. The van der Waals surface area contributed by atoms with Gasteiger partial charge in [-0.05, 0) is 32.6 Å². The lowest BCUT2D eigenvalue weighted by molar-refractivity contribution is 0.323. The number of rotatable bonds is 7. The SMILES string of the molecule is CNC(C#N)CCN(C)CCc1ccccn1. The first-order valence-electron chi connectivity index (χ1n) is 5.91. The normalized spacial score (nSPS) is 12.4. The smallest absolute Gasteiger partial charge is 0.0962 e. The number of pyridine rings is 1. The second-order valence-corrected chi connectivity index (χ2v) is 4.13. The molecule has 17 heavy (non-hydrogen) atoms. The molecule has 0 aliphatic carbocycles. The minimum absolute atomic E-state index is 0.0488. The number of hydrogen-bond acceptors (Lipinski definition) is 4. The highest BCUT2D eigenvalue weighted by molar-refractivity contribution is 5.03. The van der Waals surface area contributed by atoms with Crippen molar-refractivity contribution >= 4 is 0 Å². The van der Waals surface area contributed by atoms with E-state index < -0.39 is 0 Å². The summed E-state index contributed by atoms with van der Waals surface area (Å²) in [6, 6.07) is 8.16. The summed E-state index contributed by atoms with van der Waals surface area (Å²) in [6.07, 6.45) is 3.63. The highest BCUT2D eigenvalue weighted by Gasteiger charge is 2.06. The lowest BCUT2D eigenvalue weighted by Gasteiger charge is -2.17. The van der Waals surface area contributed by atoms with Gasteiger partial charge in [0.05, 0.1) is 12.1 Å². The van der Waals surface area contributed by atoms with E-state index in [1.54, 1.807) is 0 Å². The van der Waals surface area contributed by atoms with Crippen molar-refractivity contribution in [3.63, 3.8) is 0 Å². The predicted octanol–water partition coefficient (Wildman–Crippen LogP) is 1.06. The zero-order chi connectivity index (χ0) is 12.5. The van der Waals surface area contributed by atoms with E-state index in [0.29, 0.717) is 0 Å². The predicted molar refractivity (Wildman–Crippen MR) is 68.5 cm³/mol. The molecule has 0 amide bonds. The van der Waals surface area contributed by atoms with E-state index in [2.05, 4.69) is 28.3 Å². The Morgan fingerprint density at radius 3 is 2.88 bits per heavy atom. The van der Waals surface area contributed by atoms with Gasteiger partial charge in [0.15, 0.2) is 0 Å². The molecule has 0 spiro atoms. The van der Waals surface area contributed by atoms with Crippen LogP contribution in [-0.2, 0) is 6.42 Å². The molecule has 0 aliphatic rings. The van der Waals surface area contributed by atoms with Gasteiger partial charge in [0, 0.05) is 31.4 Å². The fourth-order valence-corrected chi connectivity index (χ4v) is 1.59. The van der Waals surface area contributed by atoms with Crippen LogP contribution in [0.15, 0.2) is 24.4 Å². The van der Waals surface area contributed by atoms with Crippen molar-refractivity contribution in [2.24, 2.45) is 0 Å². The Labute approximate surface area is 103 Å². The minimum atomic E-state index is -0.0488. The highest BCUT2D eigenvalue weighted by Crippen LogP contribution is 1.98. The first kappa shape index (κ1) is 13.6. The molecule has 0 saturated heterocycles. The fourth-order valence-electron chi connectivity index (χ4n) is 1.59. The van der Waals surface area contributed by atoms with Crippen molar-refractivity contribution in [2.45, 2.75) is 18.9 Å². The minimum Gasteiger partial charge on any atom is -0.306 e. The van der Waals surface area contributed by atoms with Crippen LogP contribution < -0.4 is 5.32 Å². The zero-order valence-corrected chi connectivity index (χ0v) is 10.6. The van der Waals surface area contributed by atoms with Crippen molar-refractivity contribution in [1.29, 1.82) is 5.26 Å². The van der Waals surface area contributed by atoms with Gasteiger partial charge in [0.25, 0.3) is 0 Å². The summed E-state index contributed by atoms with van der Waals surface area (Å²) in [5.41, 5.74) is 1.12. The Bertz CT molecular complexity index is 344. The van der Waals surface area contributed by atoms with Crippen LogP contribution in [0.4, 0.5) is 0 Å². The molecule has 0 bridgehead atoms. The van der Waals surface area contributed by atoms with Crippen LogP contribution in [0.25, 0.3) is 0 Å². The van der Waals surface area contributed by atoms with E-state index in [1.165, 1.54) is 0 Å². The van der Waals surface area contributed by atoms with Gasteiger partial charge in [-0.25, -0.2) is 0 Å². The summed E-state index contributed by atoms with van der Waals surface area (Å²) in [4.78, 5) is 6.52. The van der Waals surface area contributed by atoms with Crippen molar-refractivity contribution in [1.82, 2.24) is 15.2 Å². The van der Waals surface area contributed by atoms with Gasteiger partial charge in [-0.3, -0.25) is 4.98 Å². The number of aromatic nitrogens is 1. The van der Waals surface area contributed by atoms with E-state index in [0.717, 1.165) is 31.6 Å². The molecule has 0 radical (unpaired) electrons. The third-order valence-corrected chi connectivity index (χ3v) is 2.78. The second-order valence-electron chi connectivity index (χ2n) is 4.13. The van der Waals surface area contributed by atoms with Crippen LogP contribution in [0.1, 0.15) is 12.1 Å². The monoisotopic (exact) mass is 232 g/mol. The van der Waals surface area contributed by atoms with E-state index in [4.69, 9.17) is 5.26 Å². The molecular formula is C13H20N4. The van der Waals surface area contributed by atoms with Gasteiger partial charge < -0.3 is 10.2 Å². The third kappa shape index (κ3) is 5.43. The van der Waals surface area contributed by atoms with Crippen LogP contribution in [-0.4, -0.2) is 43.1 Å². The molecular weight excluding hydrogens is 212 g/mol. The quantitative estimate of drug-likeness (QED) is 0.763. The van der Waals surface area contributed by atoms with E-state index in [-0.39, 0.29) is 6.04 Å². The maximum absolute atomic E-state index is 8.81. The molecule has 1 aromatic rings. The standard InChI is InChI=1S/C13H20N4/c1-15-13(11-14)7-10-17(2)9-6-12-5-3-4-8-16-12/h3-5,8,13,15H,6-7,9-10H2,1-2H3. The topological polar surface area (TPSA) is 52.0 Å². The summed E-state index contributed by atoms with van der Waals surface area (Å²) in [5.74, 6) is 0. The van der Waals surface area contributed by atoms with Gasteiger partial charge in [-0.1, -0.05) is 6.07 Å². The second kappa shape index (κ2) is 7.77. The molecule has 1 unspecified atom stereocenters. The third-order valence-electron chi connectivity index (χ3n) is 2.78. The molecule has 0 saturated carbocycles. The molecule has 0 fully saturated rings. The van der Waals surface area contributed by atoms with Crippen LogP contribution in [0.5, 0.6) is 0 Å². The van der Waals surface area contributed by atoms with Crippen LogP contribution in [0.3, 0.4) is 0 Å². The number of hydrogen-bond donors (Lipinski definition) is 1. The molecule has 1 rings (SSSR count). The molecule has 1 atom stereocenters. The van der Waals surface area contributed by atoms with E-state index in [1.807, 2.05) is 31.4 Å². The Kier molecular flexibility index (Phi) is 6.23. The summed E-state index contributed by atoms with van der Waals surface area (Å²) in [7, 11) is 3.90. The van der Waals surface area contributed by atoms with Crippen molar-refractivity contribution in [3.8, 4) is 6.07 Å². The lowest BCUT2D eigenvalue weighted by atomic mass is 10.2. The Balaban J connectivity index is 2.22. The summed E-state index contributed by atoms with van der Waals surface area (Å²) in [6.45, 7) is 1.89. The van der Waals surface area contributed by atoms with Crippen molar-refractivity contribution < 1.29 is 0 Å². The number of likely N-dealkylation sites (N-methyl/N-ethyl adjacent to an activating group) is 1. The molecule has 4 nitrogen and oxygen atoms in total. The van der Waals surface area contributed by atoms with E-state index >= 15 is 0 Å². The maximum Gasteiger partial charge on any atom is 0.0962 e. The average Bonchev–Trinajstić information content (AvgIpc) is 2.39. The van der Waals surface area contributed by atoms with Crippen LogP contribution >= 0.6 is 0 Å². The van der Waals surface area contributed by atoms with Gasteiger partial charge in [-0.15, -0.1) is 0 Å². The van der Waals surface area contributed by atoms with Gasteiger partial charge in [0.2, 0.25) is 0 Å². The van der Waals surface area contributed by atoms with Gasteiger partial charge in [-0.2, -0.15) is 5.26 Å². The molecule has 1 heterocycles. The largest absolute Gasteiger partial charge is 0.306 e. The van der Waals surface area contributed by atoms with Crippen LogP contribution in [0.2, 0.25) is 0 Å². The van der Waals surface area contributed by atoms with Crippen molar-refractivity contribution in [3.05, 3.63) is 30.1 Å². The number of nitrogens with one attached hydrogen (secondary N) is 1. The molecule has 0 aromatic carbocycles. The Morgan fingerprint density at radius 1 is 1.47 bits per heavy atom. The number of nitriles is 1. The maximum atomic E-state index is 8.81. The first-order chi connectivity index (χ1) is 8.26. The highest BCUT2D eigenvalue weighted by atomic mass is 15.1. The van der Waals surface area contributed by atoms with Gasteiger partial charge in [0.1, 0.15) is 0 Å². The first-order valence-corrected chi connectivity index (χ1v) is 5.91. The molecule has 1 aromatic heterocycles. The zero-order valence-electron chi connectivity index (χ0n) is 10.6. The Hall–Kier alpha value is -1.44. The number of nitrogens with zero attached hydrogens (tertiary/aromatic N) is 3. The molecule has 1 N–H and O–H groups in total. The van der Waals surface area contributed by atoms with Crippen LogP contribution in [0, 0.1) is 11.3 Å². The average molecular weight is 232 g/mol. The van der Waals surface area contributed by atoms with Gasteiger partial charge >= 0.3 is 0 Å². The summed E-state index contributed by atoms with van der Waals surface area (Å²) in [5, 5.41) is 11.8. The van der Waals surface area contributed by atoms with Crippen molar-refractivity contribution in [2.75, 3.05) is 27.2 Å². The summed E-state index contributed by atoms with van der Waals surface area (Å²) < 4.78 is 0. The fraction of sp³-hybridized carbons (Fsp3) is 0.538. The van der Waals surface area contributed by atoms with E-state index in [9.17, 15) is 0 Å².